The molecule has 2 heterocycles. The van der Waals surface area contributed by atoms with Crippen molar-refractivity contribution in [1.29, 1.82) is 0 Å². The molecule has 11 aromatic rings. The van der Waals surface area contributed by atoms with Crippen molar-refractivity contribution >= 4 is 38.9 Å². The van der Waals surface area contributed by atoms with Crippen LogP contribution in [-0.2, 0) is 5.41 Å². The van der Waals surface area contributed by atoms with Crippen molar-refractivity contribution in [3.8, 4) is 44.8 Å². The third kappa shape index (κ3) is 5.23. The molecule has 0 unspecified atom stereocenters. The highest BCUT2D eigenvalue weighted by Gasteiger charge is 2.51. The molecule has 0 atom stereocenters. The molecule has 294 valence electrons. The molecule has 0 saturated heterocycles. The van der Waals surface area contributed by atoms with E-state index in [1.807, 2.05) is 0 Å². The lowest BCUT2D eigenvalue weighted by molar-refractivity contribution is -0.595. The van der Waals surface area contributed by atoms with Crippen LogP contribution in [0, 0.1) is 0 Å². The molecule has 0 radical (unpaired) electrons. The molecule has 0 aliphatic heterocycles. The summed E-state index contributed by atoms with van der Waals surface area (Å²) in [6.07, 6.45) is 4.34. The smallest absolute Gasteiger partial charge is 0.210 e. The molecular weight excluding hydrogens is 763 g/mol. The van der Waals surface area contributed by atoms with Crippen LogP contribution < -0.4 is 9.47 Å². The predicted molar refractivity (Wildman–Crippen MR) is 259 cm³/mol. The number of nitrogens with zero attached hydrogens (tertiary/aromatic N) is 3. The van der Waals surface area contributed by atoms with E-state index >= 15 is 0 Å². The first-order valence-electron chi connectivity index (χ1n) is 21.8. The summed E-state index contributed by atoms with van der Waals surface area (Å²) in [6.45, 7) is 0. The molecule has 2 aliphatic rings. The molecule has 3 heteroatoms. The molecule has 0 fully saturated rings. The maximum absolute atomic E-state index is 2.47. The lowest BCUT2D eigenvalue weighted by atomic mass is 9.70. The maximum atomic E-state index is 2.47. The van der Waals surface area contributed by atoms with Gasteiger partial charge in [0.2, 0.25) is 5.69 Å². The average molecular weight is 803 g/mol. The standard InChI is InChI=1S/C60H40N3/c1-3-15-43(16-4-1)61-37-35-46(36-38-61)62(45-30-27-41(28-31-45)42-29-34-59-53(39-42)52-22-10-14-26-58(52)63(59)44-17-5-2-6-18-44)47-32-33-51-50-21-9-13-25-56(50)60(57(51)40-47)54-23-11-7-19-48(54)49-20-8-12-24-55(49)60/h1-40H/q+1. The van der Waals surface area contributed by atoms with Crippen LogP contribution in [0.4, 0.5) is 17.1 Å². The van der Waals surface area contributed by atoms with Crippen LogP contribution in [0.5, 0.6) is 0 Å². The summed E-state index contributed by atoms with van der Waals surface area (Å²) in [5.74, 6) is 0. The second kappa shape index (κ2) is 13.9. The first-order valence-corrected chi connectivity index (χ1v) is 21.8. The number of pyridine rings is 1. The topological polar surface area (TPSA) is 12.1 Å². The molecule has 3 nitrogen and oxygen atoms in total. The second-order valence-corrected chi connectivity index (χ2v) is 16.7. The monoisotopic (exact) mass is 802 g/mol. The van der Waals surface area contributed by atoms with E-state index in [0.29, 0.717) is 0 Å². The molecule has 2 aromatic heterocycles. The molecule has 9 aromatic carbocycles. The second-order valence-electron chi connectivity index (χ2n) is 16.7. The Labute approximate surface area is 366 Å². The fourth-order valence-electron chi connectivity index (χ4n) is 10.8. The third-order valence-electron chi connectivity index (χ3n) is 13.5. The van der Waals surface area contributed by atoms with Crippen molar-refractivity contribution in [3.05, 3.63) is 265 Å². The average Bonchev–Trinajstić information content (AvgIpc) is 3.96. The summed E-state index contributed by atoms with van der Waals surface area (Å²) in [7, 11) is 0. The van der Waals surface area contributed by atoms with Crippen LogP contribution in [0.25, 0.3) is 66.6 Å². The van der Waals surface area contributed by atoms with Gasteiger partial charge in [-0.3, -0.25) is 0 Å². The van der Waals surface area contributed by atoms with Crippen molar-refractivity contribution < 1.29 is 4.57 Å². The van der Waals surface area contributed by atoms with Crippen LogP contribution in [0.2, 0.25) is 0 Å². The van der Waals surface area contributed by atoms with E-state index in [2.05, 4.69) is 257 Å². The number of anilines is 3. The Morgan fingerprint density at radius 1 is 0.349 bits per heavy atom. The van der Waals surface area contributed by atoms with Gasteiger partial charge in [0.1, 0.15) is 0 Å². The van der Waals surface area contributed by atoms with Gasteiger partial charge in [-0.25, -0.2) is 0 Å². The Morgan fingerprint density at radius 3 is 1.52 bits per heavy atom. The van der Waals surface area contributed by atoms with Gasteiger partial charge in [0.05, 0.1) is 22.1 Å². The highest BCUT2D eigenvalue weighted by atomic mass is 15.1. The van der Waals surface area contributed by atoms with Gasteiger partial charge in [-0.2, -0.15) is 4.57 Å². The molecule has 0 saturated carbocycles. The first-order chi connectivity index (χ1) is 31.3. The normalized spacial score (nSPS) is 12.9. The van der Waals surface area contributed by atoms with Crippen LogP contribution in [0.15, 0.2) is 243 Å². The Bertz CT molecular complexity index is 3490. The van der Waals surface area contributed by atoms with Crippen molar-refractivity contribution in [2.75, 3.05) is 4.90 Å². The van der Waals surface area contributed by atoms with Gasteiger partial charge in [0.15, 0.2) is 12.4 Å². The molecule has 2 aliphatic carbocycles. The number of para-hydroxylation sites is 3. The minimum absolute atomic E-state index is 0.431. The van der Waals surface area contributed by atoms with E-state index < -0.39 is 5.41 Å². The molecule has 0 bridgehead atoms. The van der Waals surface area contributed by atoms with Gasteiger partial charge in [-0.1, -0.05) is 152 Å². The summed E-state index contributed by atoms with van der Waals surface area (Å²) < 4.78 is 4.55. The van der Waals surface area contributed by atoms with Crippen molar-refractivity contribution in [1.82, 2.24) is 4.57 Å². The fraction of sp³-hybridized carbons (Fsp3) is 0.0167. The van der Waals surface area contributed by atoms with E-state index in [4.69, 9.17) is 0 Å². The van der Waals surface area contributed by atoms with E-state index in [0.717, 1.165) is 22.7 Å². The zero-order valence-corrected chi connectivity index (χ0v) is 34.4. The molecule has 0 N–H and O–H groups in total. The number of rotatable bonds is 6. The first kappa shape index (κ1) is 35.5. The van der Waals surface area contributed by atoms with Gasteiger partial charge in [0, 0.05) is 52.1 Å². The zero-order chi connectivity index (χ0) is 41.5. The summed E-state index contributed by atoms with van der Waals surface area (Å²) in [5.41, 5.74) is 20.5. The van der Waals surface area contributed by atoms with Crippen molar-refractivity contribution in [3.63, 3.8) is 0 Å². The number of hydrogen-bond donors (Lipinski definition) is 0. The largest absolute Gasteiger partial charge is 0.310 e. The van der Waals surface area contributed by atoms with Crippen LogP contribution in [0.3, 0.4) is 0 Å². The van der Waals surface area contributed by atoms with Crippen molar-refractivity contribution in [2.24, 2.45) is 0 Å². The maximum Gasteiger partial charge on any atom is 0.210 e. The van der Waals surface area contributed by atoms with Gasteiger partial charge in [-0.15, -0.1) is 0 Å². The quantitative estimate of drug-likeness (QED) is 0.153. The van der Waals surface area contributed by atoms with Gasteiger partial charge in [0.25, 0.3) is 0 Å². The summed E-state index contributed by atoms with van der Waals surface area (Å²) in [4.78, 5) is 2.42. The fourth-order valence-corrected chi connectivity index (χ4v) is 10.8. The zero-order valence-electron chi connectivity index (χ0n) is 34.4. The predicted octanol–water partition coefficient (Wildman–Crippen LogP) is 14.5. The van der Waals surface area contributed by atoms with E-state index in [9.17, 15) is 0 Å². The Balaban J connectivity index is 0.968. The Morgan fingerprint density at radius 2 is 0.857 bits per heavy atom. The lowest BCUT2D eigenvalue weighted by Gasteiger charge is -2.32. The summed E-state index contributed by atoms with van der Waals surface area (Å²) in [5, 5.41) is 2.50. The number of hydrogen-bond acceptors (Lipinski definition) is 1. The minimum Gasteiger partial charge on any atom is -0.310 e. The number of benzene rings is 9. The van der Waals surface area contributed by atoms with Crippen molar-refractivity contribution in [2.45, 2.75) is 5.41 Å². The van der Waals surface area contributed by atoms with Crippen LogP contribution >= 0.6 is 0 Å². The lowest BCUT2D eigenvalue weighted by Crippen LogP contribution is -2.29. The SMILES string of the molecule is c1ccc(-n2c3ccccc3c3cc(-c4ccc(N(c5cc[n+](-c6ccccc6)cc5)c5ccc6c(c5)C5(c7ccccc7-c7ccccc75)c5ccccc5-6)cc4)ccc32)cc1. The Kier molecular flexibility index (Phi) is 7.82. The van der Waals surface area contributed by atoms with E-state index in [-0.39, 0.29) is 0 Å². The van der Waals surface area contributed by atoms with E-state index in [1.54, 1.807) is 0 Å². The van der Waals surface area contributed by atoms with E-state index in [1.165, 1.54) is 83.1 Å². The molecule has 13 rings (SSSR count). The third-order valence-corrected chi connectivity index (χ3v) is 13.5. The van der Waals surface area contributed by atoms with Gasteiger partial charge >= 0.3 is 0 Å². The molecule has 63 heavy (non-hydrogen) atoms. The number of fused-ring (bicyclic) bond motifs is 13. The number of aromatic nitrogens is 2. The van der Waals surface area contributed by atoms with Crippen LogP contribution in [0.1, 0.15) is 22.3 Å². The van der Waals surface area contributed by atoms with Gasteiger partial charge < -0.3 is 9.47 Å². The summed E-state index contributed by atoms with van der Waals surface area (Å²) >= 11 is 0. The Hall–Kier alpha value is -8.27. The highest BCUT2D eigenvalue weighted by molar-refractivity contribution is 6.10. The van der Waals surface area contributed by atoms with Gasteiger partial charge in [-0.05, 0) is 110 Å². The molecular formula is C60H40N3+. The summed E-state index contributed by atoms with van der Waals surface area (Å²) in [6, 6.07) is 84.6. The molecule has 0 amide bonds. The minimum atomic E-state index is -0.431. The van der Waals surface area contributed by atoms with Crippen LogP contribution in [-0.4, -0.2) is 4.57 Å². The highest BCUT2D eigenvalue weighted by Crippen LogP contribution is 2.63. The molecule has 1 spiro atoms.